The third-order valence-electron chi connectivity index (χ3n) is 6.19. The second-order valence-corrected chi connectivity index (χ2v) is 10.2. The van der Waals surface area contributed by atoms with Gasteiger partial charge >= 0.3 is 0 Å². The highest BCUT2D eigenvalue weighted by Crippen LogP contribution is 2.28. The van der Waals surface area contributed by atoms with Crippen molar-refractivity contribution in [1.82, 2.24) is 14.5 Å². The lowest BCUT2D eigenvalue weighted by atomic mass is 9.85. The molecule has 0 spiro atoms. The number of rotatable bonds is 5. The Morgan fingerprint density at radius 1 is 1.10 bits per heavy atom. The highest BCUT2D eigenvalue weighted by molar-refractivity contribution is 7.89. The van der Waals surface area contributed by atoms with E-state index in [1.54, 1.807) is 6.92 Å². The first kappa shape index (κ1) is 22.2. The maximum atomic E-state index is 13.5. The van der Waals surface area contributed by atoms with Crippen molar-refractivity contribution in [3.8, 4) is 0 Å². The van der Waals surface area contributed by atoms with Gasteiger partial charge in [0.2, 0.25) is 15.9 Å². The zero-order chi connectivity index (χ0) is 21.2. The molecule has 0 bridgehead atoms. The number of halogens is 1. The number of hydrogen-bond acceptors (Lipinski definition) is 4. The number of hydrogen-bond donors (Lipinski definition) is 1. The number of amides is 1. The van der Waals surface area contributed by atoms with Crippen molar-refractivity contribution in [3.05, 3.63) is 29.6 Å². The average molecular weight is 426 g/mol. The van der Waals surface area contributed by atoms with Crippen molar-refractivity contribution in [2.24, 2.45) is 5.92 Å². The summed E-state index contributed by atoms with van der Waals surface area (Å²) >= 11 is 0. The van der Waals surface area contributed by atoms with Crippen LogP contribution in [-0.2, 0) is 14.8 Å². The van der Waals surface area contributed by atoms with Gasteiger partial charge < -0.3 is 4.90 Å². The smallest absolute Gasteiger partial charge is 0.241 e. The highest BCUT2D eigenvalue weighted by atomic mass is 32.2. The summed E-state index contributed by atoms with van der Waals surface area (Å²) in [5.41, 5.74) is 0.517. The lowest BCUT2D eigenvalue weighted by Crippen LogP contribution is -2.52. The van der Waals surface area contributed by atoms with Crippen LogP contribution in [0.15, 0.2) is 23.1 Å². The molecule has 6 nitrogen and oxygen atoms in total. The van der Waals surface area contributed by atoms with E-state index in [4.69, 9.17) is 0 Å². The second kappa shape index (κ2) is 9.10. The molecule has 1 aliphatic heterocycles. The lowest BCUT2D eigenvalue weighted by Gasteiger charge is -2.39. The van der Waals surface area contributed by atoms with Crippen LogP contribution in [0, 0.1) is 18.7 Å². The molecule has 1 aromatic carbocycles. The normalized spacial score (nSPS) is 24.1. The molecule has 8 heteroatoms. The first-order valence-electron chi connectivity index (χ1n) is 10.5. The molecule has 0 aromatic heterocycles. The highest BCUT2D eigenvalue weighted by Gasteiger charge is 2.33. The van der Waals surface area contributed by atoms with E-state index in [0.717, 1.165) is 32.2 Å². The Balaban J connectivity index is 1.53. The first-order chi connectivity index (χ1) is 13.7. The molecule has 1 heterocycles. The lowest BCUT2D eigenvalue weighted by molar-refractivity contribution is -0.138. The van der Waals surface area contributed by atoms with E-state index >= 15 is 0 Å². The molecular weight excluding hydrogens is 393 g/mol. The van der Waals surface area contributed by atoms with Crippen LogP contribution in [0.25, 0.3) is 0 Å². The van der Waals surface area contributed by atoms with Crippen LogP contribution >= 0.6 is 0 Å². The van der Waals surface area contributed by atoms with Gasteiger partial charge in [-0.1, -0.05) is 6.07 Å². The van der Waals surface area contributed by atoms with Crippen LogP contribution in [0.2, 0.25) is 0 Å². The standard InChI is InChI=1S/C21H32FN3O3S/c1-15(2)24-10-12-25(13-11-24)21(26)17-5-8-19(9-6-17)23-29(27,28)20-14-18(22)7-4-16(20)3/h4,7,14-15,17,19,23H,5-6,8-13H2,1-3H3/t17-,19-. The molecule has 2 aliphatic rings. The van der Waals surface area contributed by atoms with E-state index in [2.05, 4.69) is 23.5 Å². The predicted molar refractivity (Wildman–Crippen MR) is 110 cm³/mol. The molecule has 1 saturated heterocycles. The Kier molecular flexibility index (Phi) is 6.96. The molecule has 162 valence electrons. The van der Waals surface area contributed by atoms with E-state index in [9.17, 15) is 17.6 Å². The number of piperazine rings is 1. The molecule has 1 aromatic rings. The van der Waals surface area contributed by atoms with Gasteiger partial charge in [0.05, 0.1) is 4.90 Å². The number of aryl methyl sites for hydroxylation is 1. The number of nitrogens with one attached hydrogen (secondary N) is 1. The van der Waals surface area contributed by atoms with Crippen LogP contribution in [-0.4, -0.2) is 62.4 Å². The van der Waals surface area contributed by atoms with Crippen LogP contribution < -0.4 is 4.72 Å². The molecule has 1 aliphatic carbocycles. The van der Waals surface area contributed by atoms with Crippen molar-refractivity contribution < 1.29 is 17.6 Å². The Morgan fingerprint density at radius 2 is 1.72 bits per heavy atom. The van der Waals surface area contributed by atoms with Gasteiger partial charge in [-0.2, -0.15) is 0 Å². The fourth-order valence-corrected chi connectivity index (χ4v) is 5.88. The topological polar surface area (TPSA) is 69.7 Å². The van der Waals surface area contributed by atoms with Gasteiger partial charge in [0.15, 0.2) is 0 Å². The summed E-state index contributed by atoms with van der Waals surface area (Å²) < 4.78 is 41.5. The van der Waals surface area contributed by atoms with Crippen molar-refractivity contribution in [1.29, 1.82) is 0 Å². The Morgan fingerprint density at radius 3 is 2.31 bits per heavy atom. The van der Waals surface area contributed by atoms with E-state index in [1.807, 2.05) is 4.90 Å². The van der Waals surface area contributed by atoms with E-state index in [0.29, 0.717) is 37.3 Å². The average Bonchev–Trinajstić information content (AvgIpc) is 2.69. The Labute approximate surface area is 173 Å². The van der Waals surface area contributed by atoms with Crippen molar-refractivity contribution >= 4 is 15.9 Å². The van der Waals surface area contributed by atoms with Gasteiger partial charge in [-0.3, -0.25) is 9.69 Å². The third kappa shape index (κ3) is 5.35. The summed E-state index contributed by atoms with van der Waals surface area (Å²) in [5, 5.41) is 0. The van der Waals surface area contributed by atoms with Crippen LogP contribution in [0.1, 0.15) is 45.1 Å². The zero-order valence-electron chi connectivity index (χ0n) is 17.5. The van der Waals surface area contributed by atoms with Gasteiger partial charge in [0, 0.05) is 44.2 Å². The summed E-state index contributed by atoms with van der Waals surface area (Å²) in [4.78, 5) is 17.2. The van der Waals surface area contributed by atoms with E-state index in [-0.39, 0.29) is 22.8 Å². The maximum Gasteiger partial charge on any atom is 0.241 e. The molecule has 2 fully saturated rings. The number of carbonyl (C=O) groups excluding carboxylic acids is 1. The molecule has 3 rings (SSSR count). The number of carbonyl (C=O) groups is 1. The number of nitrogens with zero attached hydrogens (tertiary/aromatic N) is 2. The molecule has 1 saturated carbocycles. The van der Waals surface area contributed by atoms with Gasteiger partial charge in [-0.05, 0) is 64.2 Å². The quantitative estimate of drug-likeness (QED) is 0.787. The number of benzene rings is 1. The molecular formula is C21H32FN3O3S. The molecule has 1 amide bonds. The van der Waals surface area contributed by atoms with Gasteiger partial charge in [-0.25, -0.2) is 17.5 Å². The molecule has 0 atom stereocenters. The SMILES string of the molecule is Cc1ccc(F)cc1S(=O)(=O)N[C@H]1CC[C@H](C(=O)N2CCN(C(C)C)CC2)CC1. The molecule has 0 unspecified atom stereocenters. The molecule has 0 radical (unpaired) electrons. The predicted octanol–water partition coefficient (Wildman–Crippen LogP) is 2.52. The first-order valence-corrected chi connectivity index (χ1v) is 12.0. The van der Waals surface area contributed by atoms with Gasteiger partial charge in [0.25, 0.3) is 0 Å². The van der Waals surface area contributed by atoms with Gasteiger partial charge in [-0.15, -0.1) is 0 Å². The zero-order valence-corrected chi connectivity index (χ0v) is 18.3. The Bertz CT molecular complexity index is 828. The van der Waals surface area contributed by atoms with Crippen molar-refractivity contribution in [3.63, 3.8) is 0 Å². The van der Waals surface area contributed by atoms with Gasteiger partial charge in [0.1, 0.15) is 5.82 Å². The van der Waals surface area contributed by atoms with E-state index in [1.165, 1.54) is 12.1 Å². The molecule has 29 heavy (non-hydrogen) atoms. The minimum atomic E-state index is -3.78. The minimum Gasteiger partial charge on any atom is -0.340 e. The minimum absolute atomic E-state index is 0.0151. The molecule has 1 N–H and O–H groups in total. The monoisotopic (exact) mass is 425 g/mol. The summed E-state index contributed by atoms with van der Waals surface area (Å²) in [7, 11) is -3.78. The third-order valence-corrected chi connectivity index (χ3v) is 7.86. The summed E-state index contributed by atoms with van der Waals surface area (Å²) in [6, 6.07) is 4.07. The maximum absolute atomic E-state index is 13.5. The van der Waals surface area contributed by atoms with Crippen LogP contribution in [0.5, 0.6) is 0 Å². The summed E-state index contributed by atoms with van der Waals surface area (Å²) in [6.07, 6.45) is 2.60. The Hall–Kier alpha value is -1.51. The second-order valence-electron chi connectivity index (χ2n) is 8.53. The van der Waals surface area contributed by atoms with Crippen molar-refractivity contribution in [2.45, 2.75) is 63.4 Å². The fraction of sp³-hybridized carbons (Fsp3) is 0.667. The van der Waals surface area contributed by atoms with E-state index < -0.39 is 15.8 Å². The summed E-state index contributed by atoms with van der Waals surface area (Å²) in [5.74, 6) is -0.393. The number of sulfonamides is 1. The van der Waals surface area contributed by atoms with Crippen molar-refractivity contribution in [2.75, 3.05) is 26.2 Å². The fourth-order valence-electron chi connectivity index (χ4n) is 4.32. The van der Waals surface area contributed by atoms with Crippen LogP contribution in [0.4, 0.5) is 4.39 Å². The van der Waals surface area contributed by atoms with Crippen LogP contribution in [0.3, 0.4) is 0 Å². The summed E-state index contributed by atoms with van der Waals surface area (Å²) in [6.45, 7) is 9.35. The largest absolute Gasteiger partial charge is 0.340 e.